The molecule has 0 spiro atoms. The summed E-state index contributed by atoms with van der Waals surface area (Å²) in [4.78, 5) is 26.4. The molecule has 0 bridgehead atoms. The average molecular weight is 275 g/mol. The number of pyridine rings is 1. The number of carboxylic acids is 1. The zero-order valence-corrected chi connectivity index (χ0v) is 10.7. The van der Waals surface area contributed by atoms with E-state index in [-0.39, 0.29) is 18.3 Å². The lowest BCUT2D eigenvalue weighted by Crippen LogP contribution is -2.27. The summed E-state index contributed by atoms with van der Waals surface area (Å²) in [5.41, 5.74) is 0.985. The van der Waals surface area contributed by atoms with Crippen LogP contribution in [0.25, 0.3) is 0 Å². The van der Waals surface area contributed by atoms with Gasteiger partial charge < -0.3 is 10.4 Å². The van der Waals surface area contributed by atoms with Crippen molar-refractivity contribution < 1.29 is 14.7 Å². The third-order valence-electron chi connectivity index (χ3n) is 2.62. The number of carbonyl (C=O) groups is 2. The number of carbonyl (C=O) groups excluding carboxylic acids is 1. The van der Waals surface area contributed by atoms with Gasteiger partial charge in [-0.3, -0.25) is 14.6 Å². The third-order valence-corrected chi connectivity index (χ3v) is 2.62. The van der Waals surface area contributed by atoms with E-state index < -0.39 is 11.9 Å². The van der Waals surface area contributed by atoms with Gasteiger partial charge in [-0.2, -0.15) is 0 Å². The van der Waals surface area contributed by atoms with E-state index in [1.54, 1.807) is 24.5 Å². The lowest BCUT2D eigenvalue weighted by Gasteiger charge is -2.12. The SMILES string of the molecule is CC(NC(=O)c1cn(CC(=O)O)nn1)c1ccncc1. The maximum Gasteiger partial charge on any atom is 0.325 e. The van der Waals surface area contributed by atoms with E-state index in [2.05, 4.69) is 20.6 Å². The molecule has 2 N–H and O–H groups in total. The Morgan fingerprint density at radius 1 is 1.40 bits per heavy atom. The fourth-order valence-electron chi connectivity index (χ4n) is 1.62. The predicted molar refractivity (Wildman–Crippen MR) is 67.8 cm³/mol. The van der Waals surface area contributed by atoms with Crippen LogP contribution in [-0.4, -0.2) is 37.0 Å². The average Bonchev–Trinajstić information content (AvgIpc) is 2.87. The van der Waals surface area contributed by atoms with E-state index in [0.717, 1.165) is 10.2 Å². The molecule has 0 aliphatic carbocycles. The number of amides is 1. The maximum atomic E-state index is 11.9. The molecular weight excluding hydrogens is 262 g/mol. The Morgan fingerprint density at radius 3 is 2.75 bits per heavy atom. The highest BCUT2D eigenvalue weighted by Crippen LogP contribution is 2.10. The number of aliphatic carboxylic acids is 1. The number of nitrogens with one attached hydrogen (secondary N) is 1. The molecule has 1 amide bonds. The number of hydrogen-bond donors (Lipinski definition) is 2. The number of hydrogen-bond acceptors (Lipinski definition) is 5. The van der Waals surface area contributed by atoms with Gasteiger partial charge in [-0.15, -0.1) is 5.10 Å². The second-order valence-corrected chi connectivity index (χ2v) is 4.17. The van der Waals surface area contributed by atoms with Crippen molar-refractivity contribution in [1.29, 1.82) is 0 Å². The van der Waals surface area contributed by atoms with Crippen molar-refractivity contribution in [2.24, 2.45) is 0 Å². The minimum atomic E-state index is -1.05. The predicted octanol–water partition coefficient (Wildman–Crippen LogP) is 0.249. The zero-order valence-electron chi connectivity index (χ0n) is 10.7. The fraction of sp³-hybridized carbons (Fsp3) is 0.250. The van der Waals surface area contributed by atoms with Gasteiger partial charge in [0.25, 0.3) is 5.91 Å². The molecule has 0 aliphatic rings. The summed E-state index contributed by atoms with van der Waals surface area (Å²) in [5, 5.41) is 18.6. The molecule has 0 fully saturated rings. The molecule has 8 heteroatoms. The van der Waals surface area contributed by atoms with Crippen LogP contribution in [0.5, 0.6) is 0 Å². The molecule has 2 rings (SSSR count). The first-order chi connectivity index (χ1) is 9.56. The normalized spacial score (nSPS) is 11.8. The van der Waals surface area contributed by atoms with Gasteiger partial charge in [0.05, 0.1) is 12.2 Å². The Hall–Kier alpha value is -2.77. The Morgan fingerprint density at radius 2 is 2.10 bits per heavy atom. The van der Waals surface area contributed by atoms with E-state index >= 15 is 0 Å². The molecule has 104 valence electrons. The zero-order chi connectivity index (χ0) is 14.5. The highest BCUT2D eigenvalue weighted by Gasteiger charge is 2.15. The van der Waals surface area contributed by atoms with Crippen molar-refractivity contribution in [2.75, 3.05) is 0 Å². The number of rotatable bonds is 5. The van der Waals surface area contributed by atoms with Gasteiger partial charge in [0, 0.05) is 12.4 Å². The molecule has 0 saturated heterocycles. The van der Waals surface area contributed by atoms with Crippen molar-refractivity contribution in [1.82, 2.24) is 25.3 Å². The van der Waals surface area contributed by atoms with E-state index in [9.17, 15) is 9.59 Å². The summed E-state index contributed by atoms with van der Waals surface area (Å²) >= 11 is 0. The first kappa shape index (κ1) is 13.7. The van der Waals surface area contributed by atoms with Gasteiger partial charge in [-0.25, -0.2) is 4.68 Å². The Balaban J connectivity index is 2.01. The highest BCUT2D eigenvalue weighted by molar-refractivity contribution is 5.92. The smallest absolute Gasteiger partial charge is 0.325 e. The van der Waals surface area contributed by atoms with E-state index in [1.807, 2.05) is 6.92 Å². The van der Waals surface area contributed by atoms with Crippen LogP contribution in [0.3, 0.4) is 0 Å². The fourth-order valence-corrected chi connectivity index (χ4v) is 1.62. The van der Waals surface area contributed by atoms with E-state index in [0.29, 0.717) is 0 Å². The van der Waals surface area contributed by atoms with Crippen LogP contribution in [0, 0.1) is 0 Å². The summed E-state index contributed by atoms with van der Waals surface area (Å²) in [6, 6.07) is 3.38. The third kappa shape index (κ3) is 3.37. The number of aromatic nitrogens is 4. The molecule has 2 aromatic heterocycles. The lowest BCUT2D eigenvalue weighted by molar-refractivity contribution is -0.137. The summed E-state index contributed by atoms with van der Waals surface area (Å²) < 4.78 is 1.09. The second kappa shape index (κ2) is 5.91. The largest absolute Gasteiger partial charge is 0.480 e. The van der Waals surface area contributed by atoms with Gasteiger partial charge in [-0.05, 0) is 24.6 Å². The molecule has 0 aliphatic heterocycles. The van der Waals surface area contributed by atoms with Gasteiger partial charge in [0.15, 0.2) is 5.69 Å². The van der Waals surface area contributed by atoms with Crippen LogP contribution in [0.1, 0.15) is 29.0 Å². The van der Waals surface area contributed by atoms with Crippen LogP contribution in [0.4, 0.5) is 0 Å². The maximum absolute atomic E-state index is 11.9. The second-order valence-electron chi connectivity index (χ2n) is 4.17. The molecular formula is C12H13N5O3. The van der Waals surface area contributed by atoms with Crippen LogP contribution < -0.4 is 5.32 Å². The molecule has 0 aromatic carbocycles. The molecule has 2 aromatic rings. The Kier molecular flexibility index (Phi) is 4.04. The molecule has 0 radical (unpaired) electrons. The van der Waals surface area contributed by atoms with E-state index in [1.165, 1.54) is 6.20 Å². The first-order valence-electron chi connectivity index (χ1n) is 5.89. The first-order valence-corrected chi connectivity index (χ1v) is 5.89. The van der Waals surface area contributed by atoms with Gasteiger partial charge in [0.2, 0.25) is 0 Å². The topological polar surface area (TPSA) is 110 Å². The molecule has 2 heterocycles. The van der Waals surface area contributed by atoms with Crippen LogP contribution in [0.2, 0.25) is 0 Å². The van der Waals surface area contributed by atoms with E-state index in [4.69, 9.17) is 5.11 Å². The highest BCUT2D eigenvalue weighted by atomic mass is 16.4. The van der Waals surface area contributed by atoms with Crippen molar-refractivity contribution in [2.45, 2.75) is 19.5 Å². The van der Waals surface area contributed by atoms with Crippen molar-refractivity contribution >= 4 is 11.9 Å². The minimum absolute atomic E-state index is 0.0761. The summed E-state index contributed by atoms with van der Waals surface area (Å²) in [7, 11) is 0. The molecule has 20 heavy (non-hydrogen) atoms. The van der Waals surface area contributed by atoms with Gasteiger partial charge >= 0.3 is 5.97 Å². The number of nitrogens with zero attached hydrogens (tertiary/aromatic N) is 4. The quantitative estimate of drug-likeness (QED) is 0.809. The molecule has 8 nitrogen and oxygen atoms in total. The van der Waals surface area contributed by atoms with Crippen LogP contribution in [0.15, 0.2) is 30.7 Å². The monoisotopic (exact) mass is 275 g/mol. The Labute approximate surface area is 114 Å². The molecule has 1 unspecified atom stereocenters. The minimum Gasteiger partial charge on any atom is -0.480 e. The van der Waals surface area contributed by atoms with Crippen molar-refractivity contribution in [3.63, 3.8) is 0 Å². The van der Waals surface area contributed by atoms with Crippen molar-refractivity contribution in [3.8, 4) is 0 Å². The summed E-state index contributed by atoms with van der Waals surface area (Å²) in [6.07, 6.45) is 4.57. The van der Waals surface area contributed by atoms with Gasteiger partial charge in [0.1, 0.15) is 6.54 Å². The molecule has 0 saturated carbocycles. The molecule has 1 atom stereocenters. The lowest BCUT2D eigenvalue weighted by atomic mass is 10.1. The van der Waals surface area contributed by atoms with Crippen LogP contribution in [-0.2, 0) is 11.3 Å². The van der Waals surface area contributed by atoms with Crippen molar-refractivity contribution in [3.05, 3.63) is 42.0 Å². The van der Waals surface area contributed by atoms with Gasteiger partial charge in [-0.1, -0.05) is 5.21 Å². The standard InChI is InChI=1S/C12H13N5O3/c1-8(9-2-4-13-5-3-9)14-12(20)10-6-17(16-15-10)7-11(18)19/h2-6,8H,7H2,1H3,(H,14,20)(H,18,19). The number of carboxylic acid groups (broad SMARTS) is 1. The summed E-state index contributed by atoms with van der Waals surface area (Å²) in [5.74, 6) is -1.46. The summed E-state index contributed by atoms with van der Waals surface area (Å²) in [6.45, 7) is 1.50. The Bertz CT molecular complexity index is 611. The van der Waals surface area contributed by atoms with Crippen LogP contribution >= 0.6 is 0 Å².